The smallest absolute Gasteiger partial charge is 0.128 e. The largest absolute Gasteiger partial charge is 0.492 e. The lowest BCUT2D eigenvalue weighted by molar-refractivity contribution is 0.0322. The molecule has 1 fully saturated rings. The third kappa shape index (κ3) is 6.05. The molecule has 0 saturated carbocycles. The van der Waals surface area contributed by atoms with Crippen molar-refractivity contribution in [3.63, 3.8) is 0 Å². The Bertz CT molecular complexity index is 548. The number of nitrogens with zero attached hydrogens (tertiary/aromatic N) is 1. The van der Waals surface area contributed by atoms with Crippen LogP contribution >= 0.6 is 0 Å². The fourth-order valence-electron chi connectivity index (χ4n) is 2.10. The van der Waals surface area contributed by atoms with Gasteiger partial charge in [-0.3, -0.25) is 4.90 Å². The molecule has 0 aliphatic carbocycles. The summed E-state index contributed by atoms with van der Waals surface area (Å²) >= 11 is 0. The van der Waals surface area contributed by atoms with E-state index in [-0.39, 0.29) is 11.2 Å². The molecule has 1 aliphatic rings. The zero-order valence-corrected chi connectivity index (χ0v) is 13.6. The lowest BCUT2D eigenvalue weighted by atomic mass is 9.97. The Hall–Kier alpha value is -1.57. The SMILES string of the molecule is CC(C)(C)C#Cc1cc(F)cc(OCCN2CCOCC2)c1. The van der Waals surface area contributed by atoms with Crippen molar-refractivity contribution in [1.29, 1.82) is 0 Å². The minimum atomic E-state index is -0.318. The zero-order valence-electron chi connectivity index (χ0n) is 13.6. The molecule has 0 radical (unpaired) electrons. The molecule has 0 amide bonds. The Balaban J connectivity index is 1.92. The highest BCUT2D eigenvalue weighted by molar-refractivity contribution is 5.41. The Morgan fingerprint density at radius 1 is 1.23 bits per heavy atom. The zero-order chi connectivity index (χ0) is 16.0. The molecule has 1 aliphatic heterocycles. The standard InChI is InChI=1S/C18H24FNO2/c1-18(2,3)5-4-15-12-16(19)14-17(13-15)22-11-8-20-6-9-21-10-7-20/h12-14H,6-11H2,1-3H3. The summed E-state index contributed by atoms with van der Waals surface area (Å²) in [6, 6.07) is 4.64. The van der Waals surface area contributed by atoms with E-state index in [9.17, 15) is 4.39 Å². The summed E-state index contributed by atoms with van der Waals surface area (Å²) < 4.78 is 24.6. The number of rotatable bonds is 4. The van der Waals surface area contributed by atoms with E-state index in [0.29, 0.717) is 17.9 Å². The molecule has 0 aromatic heterocycles. The molecule has 0 N–H and O–H groups in total. The number of morpholine rings is 1. The predicted octanol–water partition coefficient (Wildman–Crippen LogP) is 2.93. The monoisotopic (exact) mass is 305 g/mol. The lowest BCUT2D eigenvalue weighted by Crippen LogP contribution is -2.38. The number of ether oxygens (including phenoxy) is 2. The minimum absolute atomic E-state index is 0.107. The molecule has 120 valence electrons. The number of hydrogen-bond acceptors (Lipinski definition) is 3. The summed E-state index contributed by atoms with van der Waals surface area (Å²) in [4.78, 5) is 2.28. The van der Waals surface area contributed by atoms with Crippen LogP contribution in [0.4, 0.5) is 4.39 Å². The van der Waals surface area contributed by atoms with Crippen molar-refractivity contribution in [3.8, 4) is 17.6 Å². The van der Waals surface area contributed by atoms with Gasteiger partial charge in [0.05, 0.1) is 13.2 Å². The molecule has 4 heteroatoms. The summed E-state index contributed by atoms with van der Waals surface area (Å²) in [7, 11) is 0. The second-order valence-corrected chi connectivity index (χ2v) is 6.48. The molecule has 1 aromatic rings. The second kappa shape index (κ2) is 7.62. The molecular formula is C18H24FNO2. The number of halogens is 1. The van der Waals surface area contributed by atoms with Crippen LogP contribution in [0.3, 0.4) is 0 Å². The van der Waals surface area contributed by atoms with Crippen molar-refractivity contribution in [1.82, 2.24) is 4.90 Å². The third-order valence-electron chi connectivity index (χ3n) is 3.23. The Morgan fingerprint density at radius 2 is 1.95 bits per heavy atom. The molecule has 2 rings (SSSR count). The number of benzene rings is 1. The van der Waals surface area contributed by atoms with Crippen molar-refractivity contribution in [3.05, 3.63) is 29.6 Å². The first-order chi connectivity index (χ1) is 10.4. The van der Waals surface area contributed by atoms with Crippen LogP contribution in [0.5, 0.6) is 5.75 Å². The van der Waals surface area contributed by atoms with Crippen molar-refractivity contribution in [2.75, 3.05) is 39.5 Å². The maximum atomic E-state index is 13.7. The van der Waals surface area contributed by atoms with Crippen LogP contribution in [0.25, 0.3) is 0 Å². The molecule has 0 atom stereocenters. The van der Waals surface area contributed by atoms with Gasteiger partial charge in [-0.15, -0.1) is 0 Å². The average molecular weight is 305 g/mol. The normalized spacial score (nSPS) is 16.0. The van der Waals surface area contributed by atoms with Crippen LogP contribution in [-0.2, 0) is 4.74 Å². The van der Waals surface area contributed by atoms with E-state index in [0.717, 1.165) is 32.8 Å². The van der Waals surface area contributed by atoms with Gasteiger partial charge >= 0.3 is 0 Å². The summed E-state index contributed by atoms with van der Waals surface area (Å²) in [5, 5.41) is 0. The number of hydrogen-bond donors (Lipinski definition) is 0. The van der Waals surface area contributed by atoms with Crippen molar-refractivity contribution in [2.45, 2.75) is 20.8 Å². The van der Waals surface area contributed by atoms with Gasteiger partial charge in [-0.2, -0.15) is 0 Å². The predicted molar refractivity (Wildman–Crippen MR) is 85.5 cm³/mol. The van der Waals surface area contributed by atoms with E-state index in [2.05, 4.69) is 16.7 Å². The van der Waals surface area contributed by atoms with Gasteiger partial charge in [-0.05, 0) is 32.9 Å². The third-order valence-corrected chi connectivity index (χ3v) is 3.23. The van der Waals surface area contributed by atoms with Crippen molar-refractivity contribution >= 4 is 0 Å². The summed E-state index contributed by atoms with van der Waals surface area (Å²) in [5.74, 6) is 6.33. The summed E-state index contributed by atoms with van der Waals surface area (Å²) in [6.07, 6.45) is 0. The van der Waals surface area contributed by atoms with Crippen molar-refractivity contribution in [2.24, 2.45) is 5.41 Å². The molecular weight excluding hydrogens is 281 g/mol. The molecule has 1 heterocycles. The molecule has 1 saturated heterocycles. The van der Waals surface area contributed by atoms with Gasteiger partial charge in [-0.25, -0.2) is 4.39 Å². The molecule has 0 bridgehead atoms. The topological polar surface area (TPSA) is 21.7 Å². The highest BCUT2D eigenvalue weighted by Crippen LogP contribution is 2.17. The summed E-state index contributed by atoms with van der Waals surface area (Å²) in [6.45, 7) is 10.8. The molecule has 0 unspecified atom stereocenters. The van der Waals surface area contributed by atoms with Gasteiger partial charge in [-0.1, -0.05) is 11.8 Å². The first kappa shape index (κ1) is 16.8. The van der Waals surface area contributed by atoms with Gasteiger partial charge in [0.1, 0.15) is 18.2 Å². The van der Waals surface area contributed by atoms with Gasteiger partial charge in [0.2, 0.25) is 0 Å². The average Bonchev–Trinajstić information content (AvgIpc) is 2.45. The highest BCUT2D eigenvalue weighted by Gasteiger charge is 2.10. The highest BCUT2D eigenvalue weighted by atomic mass is 19.1. The molecule has 3 nitrogen and oxygen atoms in total. The van der Waals surface area contributed by atoms with Crippen LogP contribution in [0.2, 0.25) is 0 Å². The van der Waals surface area contributed by atoms with E-state index in [1.807, 2.05) is 20.8 Å². The minimum Gasteiger partial charge on any atom is -0.492 e. The van der Waals surface area contributed by atoms with Crippen LogP contribution in [0, 0.1) is 23.1 Å². The maximum Gasteiger partial charge on any atom is 0.128 e. The van der Waals surface area contributed by atoms with Crippen LogP contribution in [0.1, 0.15) is 26.3 Å². The second-order valence-electron chi connectivity index (χ2n) is 6.48. The van der Waals surface area contributed by atoms with Crippen LogP contribution < -0.4 is 4.74 Å². The molecule has 0 spiro atoms. The van der Waals surface area contributed by atoms with Gasteiger partial charge in [0.15, 0.2) is 0 Å². The van der Waals surface area contributed by atoms with E-state index in [4.69, 9.17) is 9.47 Å². The van der Waals surface area contributed by atoms with Crippen LogP contribution in [0.15, 0.2) is 18.2 Å². The first-order valence-electron chi connectivity index (χ1n) is 7.69. The Morgan fingerprint density at radius 3 is 2.64 bits per heavy atom. The van der Waals surface area contributed by atoms with E-state index >= 15 is 0 Å². The Kier molecular flexibility index (Phi) is 5.82. The fourth-order valence-corrected chi connectivity index (χ4v) is 2.10. The van der Waals surface area contributed by atoms with Gasteiger partial charge in [0, 0.05) is 36.7 Å². The lowest BCUT2D eigenvalue weighted by Gasteiger charge is -2.26. The Labute approximate surface area is 132 Å². The molecule has 1 aromatic carbocycles. The van der Waals surface area contributed by atoms with Crippen LogP contribution in [-0.4, -0.2) is 44.4 Å². The quantitative estimate of drug-likeness (QED) is 0.798. The van der Waals surface area contributed by atoms with Gasteiger partial charge < -0.3 is 9.47 Å². The van der Waals surface area contributed by atoms with E-state index in [1.165, 1.54) is 12.1 Å². The fraction of sp³-hybridized carbons (Fsp3) is 0.556. The first-order valence-corrected chi connectivity index (χ1v) is 7.69. The van der Waals surface area contributed by atoms with E-state index < -0.39 is 0 Å². The van der Waals surface area contributed by atoms with E-state index in [1.54, 1.807) is 6.07 Å². The summed E-state index contributed by atoms with van der Waals surface area (Å²) in [5.41, 5.74) is 0.542. The van der Waals surface area contributed by atoms with Gasteiger partial charge in [0.25, 0.3) is 0 Å². The van der Waals surface area contributed by atoms with Crippen molar-refractivity contribution < 1.29 is 13.9 Å². The molecule has 22 heavy (non-hydrogen) atoms. The maximum absolute atomic E-state index is 13.7.